The first-order chi connectivity index (χ1) is 11.7. The number of fused-ring (bicyclic) bond motifs is 1. The molecule has 0 spiro atoms. The molecule has 3 aliphatic rings. The van der Waals surface area contributed by atoms with Crippen LogP contribution in [0.1, 0.15) is 36.5 Å². The van der Waals surface area contributed by atoms with E-state index < -0.39 is 0 Å². The monoisotopic (exact) mass is 329 g/mol. The summed E-state index contributed by atoms with van der Waals surface area (Å²) in [5.74, 6) is 0. The molecule has 0 bridgehead atoms. The molecule has 0 radical (unpaired) electrons. The van der Waals surface area contributed by atoms with Gasteiger partial charge in [-0.1, -0.05) is 30.7 Å². The normalized spacial score (nSPS) is 33.3. The van der Waals surface area contributed by atoms with Crippen LogP contribution in [0.2, 0.25) is 0 Å². The fraction of sp³-hybridized carbons (Fsp3) is 0.700. The Balaban J connectivity index is 1.45. The highest BCUT2D eigenvalue weighted by Gasteiger charge is 2.37. The van der Waals surface area contributed by atoms with Gasteiger partial charge >= 0.3 is 0 Å². The molecule has 2 heterocycles. The maximum Gasteiger partial charge on any atom is 0.0951 e. The van der Waals surface area contributed by atoms with Crippen molar-refractivity contribution < 1.29 is 5.11 Å². The molecule has 1 aliphatic carbocycles. The lowest BCUT2D eigenvalue weighted by Gasteiger charge is -2.40. The Bertz CT molecular complexity index is 556. The Morgan fingerprint density at radius 3 is 2.54 bits per heavy atom. The molecule has 2 aliphatic heterocycles. The molecule has 1 aromatic rings. The number of piperazine rings is 1. The Morgan fingerprint density at radius 2 is 1.75 bits per heavy atom. The first kappa shape index (κ1) is 16.5. The smallest absolute Gasteiger partial charge is 0.0951 e. The summed E-state index contributed by atoms with van der Waals surface area (Å²) < 4.78 is 0. The van der Waals surface area contributed by atoms with Gasteiger partial charge in [-0.15, -0.1) is 0 Å². The van der Waals surface area contributed by atoms with Crippen LogP contribution in [0.15, 0.2) is 24.3 Å². The molecule has 1 aromatic carbocycles. The highest BCUT2D eigenvalue weighted by atomic mass is 16.3. The van der Waals surface area contributed by atoms with Gasteiger partial charge in [0, 0.05) is 44.8 Å². The third-order valence-electron chi connectivity index (χ3n) is 6.37. The van der Waals surface area contributed by atoms with Gasteiger partial charge in [0.25, 0.3) is 0 Å². The average Bonchev–Trinajstić information content (AvgIpc) is 2.79. The van der Waals surface area contributed by atoms with E-state index >= 15 is 0 Å². The zero-order chi connectivity index (χ0) is 16.5. The van der Waals surface area contributed by atoms with E-state index in [1.165, 1.54) is 51.0 Å². The van der Waals surface area contributed by atoms with Crippen molar-refractivity contribution in [2.75, 3.05) is 46.3 Å². The van der Waals surface area contributed by atoms with Crippen molar-refractivity contribution in [2.24, 2.45) is 0 Å². The number of aliphatic hydroxyl groups excluding tert-OH is 1. The van der Waals surface area contributed by atoms with Crippen LogP contribution < -0.4 is 0 Å². The zero-order valence-corrected chi connectivity index (χ0v) is 14.9. The van der Waals surface area contributed by atoms with Crippen LogP contribution in [0.3, 0.4) is 0 Å². The summed E-state index contributed by atoms with van der Waals surface area (Å²) >= 11 is 0. The molecule has 4 nitrogen and oxygen atoms in total. The van der Waals surface area contributed by atoms with Crippen LogP contribution in [0, 0.1) is 0 Å². The molecule has 3 atom stereocenters. The Morgan fingerprint density at radius 1 is 0.958 bits per heavy atom. The highest BCUT2D eigenvalue weighted by Crippen LogP contribution is 2.35. The van der Waals surface area contributed by atoms with Crippen LogP contribution in [0.5, 0.6) is 0 Å². The quantitative estimate of drug-likeness (QED) is 0.895. The number of likely N-dealkylation sites (tertiary alicyclic amines) is 1. The van der Waals surface area contributed by atoms with Crippen LogP contribution in [-0.2, 0) is 6.42 Å². The van der Waals surface area contributed by atoms with Crippen molar-refractivity contribution in [3.8, 4) is 0 Å². The van der Waals surface area contributed by atoms with Crippen molar-refractivity contribution in [1.29, 1.82) is 0 Å². The van der Waals surface area contributed by atoms with E-state index in [0.717, 1.165) is 25.1 Å². The van der Waals surface area contributed by atoms with E-state index in [1.807, 2.05) is 0 Å². The van der Waals surface area contributed by atoms with Crippen molar-refractivity contribution in [3.05, 3.63) is 35.4 Å². The lowest BCUT2D eigenvalue weighted by atomic mass is 10.1. The lowest BCUT2D eigenvalue weighted by molar-refractivity contribution is 0.0351. The predicted octanol–water partition coefficient (Wildman–Crippen LogP) is 1.75. The molecule has 4 rings (SSSR count). The standard InChI is InChI=1S/C20H31N3O/c1-21-10-12-22(13-11-21)17-7-4-5-9-23(15-17)19-14-16-6-2-3-8-18(16)20(19)24/h2-3,6,8,17,19-20,24H,4-5,7,9-15H2,1H3. The summed E-state index contributed by atoms with van der Waals surface area (Å²) in [6.07, 6.45) is 4.60. The van der Waals surface area contributed by atoms with Crippen LogP contribution in [-0.4, -0.2) is 78.2 Å². The van der Waals surface area contributed by atoms with E-state index in [-0.39, 0.29) is 12.1 Å². The van der Waals surface area contributed by atoms with Gasteiger partial charge < -0.3 is 10.0 Å². The molecule has 24 heavy (non-hydrogen) atoms. The van der Waals surface area contributed by atoms with Gasteiger partial charge in [-0.25, -0.2) is 0 Å². The molecule has 4 heteroatoms. The molecule has 3 unspecified atom stereocenters. The molecule has 132 valence electrons. The second-order valence-corrected chi connectivity index (χ2v) is 7.90. The summed E-state index contributed by atoms with van der Waals surface area (Å²) in [6.45, 7) is 7.03. The van der Waals surface area contributed by atoms with E-state index in [0.29, 0.717) is 6.04 Å². The van der Waals surface area contributed by atoms with E-state index in [4.69, 9.17) is 0 Å². The minimum atomic E-state index is -0.313. The number of rotatable bonds is 2. The van der Waals surface area contributed by atoms with Crippen molar-refractivity contribution in [1.82, 2.24) is 14.7 Å². The summed E-state index contributed by atoms with van der Waals surface area (Å²) in [7, 11) is 2.23. The number of hydrogen-bond acceptors (Lipinski definition) is 4. The number of aliphatic hydroxyl groups is 1. The number of benzene rings is 1. The van der Waals surface area contributed by atoms with Gasteiger partial charge in [0.15, 0.2) is 0 Å². The van der Waals surface area contributed by atoms with Crippen molar-refractivity contribution >= 4 is 0 Å². The number of likely N-dealkylation sites (N-methyl/N-ethyl adjacent to an activating group) is 1. The van der Waals surface area contributed by atoms with Gasteiger partial charge in [0.05, 0.1) is 6.10 Å². The average molecular weight is 329 g/mol. The minimum absolute atomic E-state index is 0.274. The molecule has 1 N–H and O–H groups in total. The largest absolute Gasteiger partial charge is 0.387 e. The molecule has 0 aromatic heterocycles. The summed E-state index contributed by atoms with van der Waals surface area (Å²) in [5, 5.41) is 10.9. The highest BCUT2D eigenvalue weighted by molar-refractivity contribution is 5.36. The second kappa shape index (κ2) is 7.12. The first-order valence-electron chi connectivity index (χ1n) is 9.65. The van der Waals surface area contributed by atoms with Crippen LogP contribution in [0.4, 0.5) is 0 Å². The van der Waals surface area contributed by atoms with Gasteiger partial charge in [-0.2, -0.15) is 0 Å². The Kier molecular flexibility index (Phi) is 4.90. The maximum atomic E-state index is 10.9. The zero-order valence-electron chi connectivity index (χ0n) is 14.9. The fourth-order valence-electron chi connectivity index (χ4n) is 4.82. The summed E-state index contributed by atoms with van der Waals surface area (Å²) in [4.78, 5) is 7.73. The summed E-state index contributed by atoms with van der Waals surface area (Å²) in [5.41, 5.74) is 2.50. The van der Waals surface area contributed by atoms with E-state index in [9.17, 15) is 5.11 Å². The van der Waals surface area contributed by atoms with Crippen molar-refractivity contribution in [3.63, 3.8) is 0 Å². The van der Waals surface area contributed by atoms with Crippen molar-refractivity contribution in [2.45, 2.75) is 43.9 Å². The third-order valence-corrected chi connectivity index (χ3v) is 6.37. The molecular formula is C20H31N3O. The van der Waals surface area contributed by atoms with E-state index in [1.54, 1.807) is 0 Å². The SMILES string of the molecule is CN1CCN(C2CCCCN(C3Cc4ccccc4C3O)C2)CC1. The minimum Gasteiger partial charge on any atom is -0.387 e. The maximum absolute atomic E-state index is 10.9. The van der Waals surface area contributed by atoms with Gasteiger partial charge in [-0.3, -0.25) is 9.80 Å². The van der Waals surface area contributed by atoms with Gasteiger partial charge in [0.2, 0.25) is 0 Å². The number of hydrogen-bond donors (Lipinski definition) is 1. The van der Waals surface area contributed by atoms with Crippen LogP contribution >= 0.6 is 0 Å². The first-order valence-corrected chi connectivity index (χ1v) is 9.65. The topological polar surface area (TPSA) is 30.0 Å². The second-order valence-electron chi connectivity index (χ2n) is 7.90. The molecular weight excluding hydrogens is 298 g/mol. The van der Waals surface area contributed by atoms with E-state index in [2.05, 4.69) is 46.0 Å². The van der Waals surface area contributed by atoms with Gasteiger partial charge in [-0.05, 0) is 44.0 Å². The van der Waals surface area contributed by atoms with Crippen LogP contribution in [0.25, 0.3) is 0 Å². The number of nitrogens with zero attached hydrogens (tertiary/aromatic N) is 3. The van der Waals surface area contributed by atoms with Gasteiger partial charge in [0.1, 0.15) is 0 Å². The molecule has 2 fully saturated rings. The lowest BCUT2D eigenvalue weighted by Crippen LogP contribution is -2.53. The molecule has 2 saturated heterocycles. The molecule has 0 saturated carbocycles. The summed E-state index contributed by atoms with van der Waals surface area (Å²) in [6, 6.07) is 9.39. The Hall–Kier alpha value is -0.940. The predicted molar refractivity (Wildman–Crippen MR) is 97.2 cm³/mol. The third kappa shape index (κ3) is 3.25. The molecule has 0 amide bonds. The Labute approximate surface area is 146 Å². The fourth-order valence-corrected chi connectivity index (χ4v) is 4.82.